The minimum atomic E-state index is 0.646. The van der Waals surface area contributed by atoms with Gasteiger partial charge in [-0.2, -0.15) is 0 Å². The Morgan fingerprint density at radius 3 is 2.51 bits per heavy atom. The number of aryl methyl sites for hydroxylation is 2. The minimum absolute atomic E-state index is 0.646. The summed E-state index contributed by atoms with van der Waals surface area (Å²) in [5.41, 5.74) is 9.43. The standard InChI is InChI=1S/C31H28BrN3OS/c1-2-36-25-16-14-24(15-17-25)33-30(37)29-28(22-11-8-12-23(32)19-22)26-13-6-7-18-34-27(20-35(29)31(26)34)21-9-4-3-5-10-21/h3-5,8-12,14-17,19-20H,2,6-7,13,18H2,1H3,(H,33,37). The summed E-state index contributed by atoms with van der Waals surface area (Å²) in [6.45, 7) is 3.63. The van der Waals surface area contributed by atoms with Crippen LogP contribution in [0.5, 0.6) is 5.75 Å². The number of hydrogen-bond acceptors (Lipinski definition) is 2. The normalized spacial score (nSPS) is 12.9. The lowest BCUT2D eigenvalue weighted by atomic mass is 9.98. The fourth-order valence-electron chi connectivity index (χ4n) is 5.39. The van der Waals surface area contributed by atoms with Crippen molar-refractivity contribution >= 4 is 44.5 Å². The van der Waals surface area contributed by atoms with Crippen molar-refractivity contribution in [3.8, 4) is 28.1 Å². The molecule has 4 nitrogen and oxygen atoms in total. The van der Waals surface area contributed by atoms with E-state index < -0.39 is 0 Å². The topological polar surface area (TPSA) is 30.6 Å². The van der Waals surface area contributed by atoms with Gasteiger partial charge in [-0.15, -0.1) is 0 Å². The van der Waals surface area contributed by atoms with Crippen LogP contribution in [0.25, 0.3) is 28.0 Å². The van der Waals surface area contributed by atoms with Crippen molar-refractivity contribution in [2.24, 2.45) is 0 Å². The first-order chi connectivity index (χ1) is 18.1. The number of rotatable bonds is 6. The zero-order valence-corrected chi connectivity index (χ0v) is 23.1. The number of anilines is 1. The molecule has 0 bridgehead atoms. The summed E-state index contributed by atoms with van der Waals surface area (Å²) >= 11 is 9.82. The third-order valence-electron chi connectivity index (χ3n) is 6.96. The van der Waals surface area contributed by atoms with Crippen LogP contribution in [0.4, 0.5) is 5.69 Å². The highest BCUT2D eigenvalue weighted by atomic mass is 79.9. The summed E-state index contributed by atoms with van der Waals surface area (Å²) in [7, 11) is 0. The molecule has 0 saturated carbocycles. The van der Waals surface area contributed by atoms with E-state index in [-0.39, 0.29) is 0 Å². The third-order valence-corrected chi connectivity index (χ3v) is 7.74. The molecule has 3 aromatic carbocycles. The molecule has 5 aromatic rings. The number of nitrogens with one attached hydrogen (secondary N) is 1. The second-order valence-corrected chi connectivity index (χ2v) is 10.6. The van der Waals surface area contributed by atoms with Gasteiger partial charge in [0.1, 0.15) is 16.4 Å². The van der Waals surface area contributed by atoms with Crippen LogP contribution in [-0.2, 0) is 13.0 Å². The maximum absolute atomic E-state index is 6.13. The fraction of sp³-hybridized carbons (Fsp3) is 0.194. The summed E-state index contributed by atoms with van der Waals surface area (Å²) in [5.74, 6) is 0.855. The summed E-state index contributed by atoms with van der Waals surface area (Å²) in [6.07, 6.45) is 5.59. The van der Waals surface area contributed by atoms with E-state index in [1.165, 1.54) is 33.6 Å². The van der Waals surface area contributed by atoms with Gasteiger partial charge in [0, 0.05) is 34.0 Å². The SMILES string of the molecule is CCOc1ccc(NC(=S)c2c(-c3cccc(Br)c3)c3c4n(c(-c5ccccc5)cn24)CCCC3)cc1. The van der Waals surface area contributed by atoms with E-state index in [2.05, 4.69) is 91.0 Å². The number of thiocarbonyl (C=S) groups is 1. The zero-order chi connectivity index (χ0) is 25.4. The van der Waals surface area contributed by atoms with E-state index in [4.69, 9.17) is 17.0 Å². The molecule has 1 aliphatic heterocycles. The average Bonchev–Trinajstić information content (AvgIpc) is 3.33. The van der Waals surface area contributed by atoms with Gasteiger partial charge in [-0.05, 0) is 73.7 Å². The lowest BCUT2D eigenvalue weighted by Crippen LogP contribution is -2.14. The summed E-state index contributed by atoms with van der Waals surface area (Å²) in [5, 5.41) is 3.52. The average molecular weight is 571 g/mol. The van der Waals surface area contributed by atoms with Crippen LogP contribution >= 0.6 is 28.1 Å². The molecule has 0 amide bonds. The Labute approximate surface area is 231 Å². The molecule has 2 aromatic heterocycles. The van der Waals surface area contributed by atoms with Crippen molar-refractivity contribution < 1.29 is 4.74 Å². The molecule has 0 saturated heterocycles. The van der Waals surface area contributed by atoms with Crippen LogP contribution < -0.4 is 10.1 Å². The Bertz CT molecular complexity index is 1580. The van der Waals surface area contributed by atoms with Crippen LogP contribution in [0.3, 0.4) is 0 Å². The number of hydrogen-bond donors (Lipinski definition) is 1. The summed E-state index contributed by atoms with van der Waals surface area (Å²) < 4.78 is 11.5. The summed E-state index contributed by atoms with van der Waals surface area (Å²) in [6, 6.07) is 27.2. The molecular weight excluding hydrogens is 542 g/mol. The number of benzene rings is 3. The number of ether oxygens (including phenoxy) is 1. The van der Waals surface area contributed by atoms with Crippen LogP contribution in [0.2, 0.25) is 0 Å². The quantitative estimate of drug-likeness (QED) is 0.208. The molecule has 1 N–H and O–H groups in total. The summed E-state index contributed by atoms with van der Waals surface area (Å²) in [4.78, 5) is 0.706. The van der Waals surface area contributed by atoms with E-state index in [0.29, 0.717) is 11.6 Å². The number of imidazole rings is 1. The molecular formula is C31H28BrN3OS. The Morgan fingerprint density at radius 1 is 0.973 bits per heavy atom. The largest absolute Gasteiger partial charge is 0.494 e. The second-order valence-electron chi connectivity index (χ2n) is 9.31. The molecule has 6 rings (SSSR count). The van der Waals surface area contributed by atoms with Gasteiger partial charge in [-0.1, -0.05) is 70.6 Å². The maximum Gasteiger partial charge on any atom is 0.128 e. The highest BCUT2D eigenvalue weighted by Crippen LogP contribution is 2.40. The lowest BCUT2D eigenvalue weighted by Gasteiger charge is -2.13. The van der Waals surface area contributed by atoms with Crippen molar-refractivity contribution in [3.05, 3.63) is 101 Å². The third kappa shape index (κ3) is 4.49. The van der Waals surface area contributed by atoms with Gasteiger partial charge >= 0.3 is 0 Å². The molecule has 0 radical (unpaired) electrons. The molecule has 0 fully saturated rings. The molecule has 186 valence electrons. The molecule has 0 unspecified atom stereocenters. The van der Waals surface area contributed by atoms with Gasteiger partial charge in [0.15, 0.2) is 0 Å². The van der Waals surface area contributed by atoms with Crippen LogP contribution in [0, 0.1) is 0 Å². The van der Waals surface area contributed by atoms with Gasteiger partial charge in [0.2, 0.25) is 0 Å². The Hall–Kier alpha value is -3.35. The highest BCUT2D eigenvalue weighted by molar-refractivity contribution is 9.10. The highest BCUT2D eigenvalue weighted by Gasteiger charge is 2.28. The Kier molecular flexibility index (Phi) is 6.61. The van der Waals surface area contributed by atoms with Crippen LogP contribution in [0.1, 0.15) is 31.0 Å². The second kappa shape index (κ2) is 10.2. The van der Waals surface area contributed by atoms with E-state index in [9.17, 15) is 0 Å². The van der Waals surface area contributed by atoms with Crippen LogP contribution in [-0.4, -0.2) is 20.6 Å². The smallest absolute Gasteiger partial charge is 0.128 e. The van der Waals surface area contributed by atoms with Gasteiger partial charge < -0.3 is 14.6 Å². The molecule has 1 aliphatic rings. The van der Waals surface area contributed by atoms with Crippen LogP contribution in [0.15, 0.2) is 89.5 Å². The number of aromatic nitrogens is 2. The molecule has 0 atom stereocenters. The minimum Gasteiger partial charge on any atom is -0.494 e. The molecule has 6 heteroatoms. The van der Waals surface area contributed by atoms with E-state index in [1.807, 2.05) is 31.2 Å². The lowest BCUT2D eigenvalue weighted by molar-refractivity contribution is 0.340. The molecule has 37 heavy (non-hydrogen) atoms. The molecule has 3 heterocycles. The first kappa shape index (κ1) is 24.0. The van der Waals surface area contributed by atoms with Crippen molar-refractivity contribution in [1.29, 1.82) is 0 Å². The monoisotopic (exact) mass is 569 g/mol. The van der Waals surface area contributed by atoms with E-state index in [0.717, 1.165) is 47.4 Å². The van der Waals surface area contributed by atoms with Crippen molar-refractivity contribution in [2.45, 2.75) is 32.7 Å². The Morgan fingerprint density at radius 2 is 1.76 bits per heavy atom. The zero-order valence-electron chi connectivity index (χ0n) is 20.7. The molecule has 0 aliphatic carbocycles. The molecule has 0 spiro atoms. The first-order valence-corrected chi connectivity index (χ1v) is 14.0. The van der Waals surface area contributed by atoms with Gasteiger partial charge in [-0.25, -0.2) is 0 Å². The Balaban J connectivity index is 1.55. The predicted molar refractivity (Wildman–Crippen MR) is 160 cm³/mol. The van der Waals surface area contributed by atoms with Gasteiger partial charge in [0.25, 0.3) is 0 Å². The van der Waals surface area contributed by atoms with Gasteiger partial charge in [-0.3, -0.25) is 4.40 Å². The van der Waals surface area contributed by atoms with E-state index in [1.54, 1.807) is 0 Å². The van der Waals surface area contributed by atoms with E-state index >= 15 is 0 Å². The number of nitrogens with zero attached hydrogens (tertiary/aromatic N) is 2. The predicted octanol–water partition coefficient (Wildman–Crippen LogP) is 8.36. The fourth-order valence-corrected chi connectivity index (χ4v) is 6.11. The first-order valence-electron chi connectivity index (χ1n) is 12.8. The van der Waals surface area contributed by atoms with Crippen molar-refractivity contribution in [1.82, 2.24) is 8.97 Å². The number of halogens is 1. The van der Waals surface area contributed by atoms with Crippen molar-refractivity contribution in [2.75, 3.05) is 11.9 Å². The van der Waals surface area contributed by atoms with Crippen molar-refractivity contribution in [3.63, 3.8) is 0 Å². The maximum atomic E-state index is 6.13. The van der Waals surface area contributed by atoms with Gasteiger partial charge in [0.05, 0.1) is 18.0 Å².